The summed E-state index contributed by atoms with van der Waals surface area (Å²) in [5.74, 6) is -0.461. The van der Waals surface area contributed by atoms with Gasteiger partial charge in [-0.3, -0.25) is 9.59 Å². The van der Waals surface area contributed by atoms with E-state index < -0.39 is 5.97 Å². The van der Waals surface area contributed by atoms with Gasteiger partial charge in [0.15, 0.2) is 0 Å². The van der Waals surface area contributed by atoms with Crippen LogP contribution >= 0.6 is 11.3 Å². The van der Waals surface area contributed by atoms with E-state index in [0.717, 1.165) is 22.5 Å². The summed E-state index contributed by atoms with van der Waals surface area (Å²) in [6.07, 6.45) is 0.801. The van der Waals surface area contributed by atoms with Gasteiger partial charge in [0.25, 0.3) is 5.91 Å². The number of thiophene rings is 1. The van der Waals surface area contributed by atoms with E-state index in [2.05, 4.69) is 10.6 Å². The number of hydrogen-bond acceptors (Lipinski definition) is 6. The SMILES string of the molecule is CCOC(=O)c1c(NC(=O)Cc2ccc(OC)cc2)sc(C(=O)NCCc2ccccc2)c1C. The van der Waals surface area contributed by atoms with E-state index in [-0.39, 0.29) is 30.4 Å². The summed E-state index contributed by atoms with van der Waals surface area (Å²) in [6, 6.07) is 17.0. The first-order valence-corrected chi connectivity index (χ1v) is 11.8. The van der Waals surface area contributed by atoms with Crippen LogP contribution in [0.15, 0.2) is 54.6 Å². The Hall–Kier alpha value is -3.65. The van der Waals surface area contributed by atoms with Crippen LogP contribution in [0.3, 0.4) is 0 Å². The zero-order valence-electron chi connectivity index (χ0n) is 19.5. The Morgan fingerprint density at radius 3 is 2.32 bits per heavy atom. The van der Waals surface area contributed by atoms with E-state index in [1.54, 1.807) is 45.2 Å². The summed E-state index contributed by atoms with van der Waals surface area (Å²) in [5, 5.41) is 6.00. The maximum atomic E-state index is 12.9. The highest BCUT2D eigenvalue weighted by Gasteiger charge is 2.26. The normalized spacial score (nSPS) is 10.4. The zero-order valence-corrected chi connectivity index (χ0v) is 20.3. The number of benzene rings is 2. The maximum Gasteiger partial charge on any atom is 0.341 e. The second-order valence-corrected chi connectivity index (χ2v) is 8.57. The van der Waals surface area contributed by atoms with E-state index >= 15 is 0 Å². The van der Waals surface area contributed by atoms with E-state index in [0.29, 0.717) is 34.2 Å². The summed E-state index contributed by atoms with van der Waals surface area (Å²) < 4.78 is 10.3. The third kappa shape index (κ3) is 6.45. The second kappa shape index (κ2) is 12.0. The fourth-order valence-corrected chi connectivity index (χ4v) is 4.54. The molecule has 2 aromatic carbocycles. The van der Waals surface area contributed by atoms with Crippen molar-refractivity contribution in [3.05, 3.63) is 81.7 Å². The average Bonchev–Trinajstić information content (AvgIpc) is 3.16. The van der Waals surface area contributed by atoms with Crippen molar-refractivity contribution in [3.63, 3.8) is 0 Å². The molecule has 0 unspecified atom stereocenters. The van der Waals surface area contributed by atoms with Gasteiger partial charge >= 0.3 is 5.97 Å². The van der Waals surface area contributed by atoms with Crippen LogP contribution in [-0.2, 0) is 22.4 Å². The van der Waals surface area contributed by atoms with Crippen LogP contribution in [0.4, 0.5) is 5.00 Å². The van der Waals surface area contributed by atoms with Crippen molar-refractivity contribution in [1.29, 1.82) is 0 Å². The number of rotatable bonds is 10. The van der Waals surface area contributed by atoms with Crippen LogP contribution in [0.1, 0.15) is 43.6 Å². The molecule has 2 amide bonds. The Bertz CT molecular complexity index is 1140. The first kappa shape index (κ1) is 25.0. The smallest absolute Gasteiger partial charge is 0.341 e. The van der Waals surface area contributed by atoms with Crippen LogP contribution in [-0.4, -0.2) is 38.0 Å². The van der Waals surface area contributed by atoms with Gasteiger partial charge < -0.3 is 20.1 Å². The van der Waals surface area contributed by atoms with Crippen molar-refractivity contribution in [2.24, 2.45) is 0 Å². The monoisotopic (exact) mass is 480 g/mol. The van der Waals surface area contributed by atoms with Crippen molar-refractivity contribution in [1.82, 2.24) is 5.32 Å². The zero-order chi connectivity index (χ0) is 24.5. The lowest BCUT2D eigenvalue weighted by Crippen LogP contribution is -2.25. The summed E-state index contributed by atoms with van der Waals surface area (Å²) in [5.41, 5.74) is 2.61. The molecule has 0 saturated carbocycles. The molecule has 34 heavy (non-hydrogen) atoms. The lowest BCUT2D eigenvalue weighted by Gasteiger charge is -2.08. The first-order valence-electron chi connectivity index (χ1n) is 11.0. The number of methoxy groups -OCH3 is 1. The number of nitrogens with one attached hydrogen (secondary N) is 2. The van der Waals surface area contributed by atoms with Gasteiger partial charge in [-0.25, -0.2) is 4.79 Å². The van der Waals surface area contributed by atoms with Gasteiger partial charge in [-0.2, -0.15) is 0 Å². The Morgan fingerprint density at radius 1 is 0.971 bits per heavy atom. The second-order valence-electron chi connectivity index (χ2n) is 7.55. The van der Waals surface area contributed by atoms with Crippen molar-refractivity contribution in [3.8, 4) is 5.75 Å². The minimum absolute atomic E-state index is 0.113. The topological polar surface area (TPSA) is 93.7 Å². The Balaban J connectivity index is 1.74. The van der Waals surface area contributed by atoms with Gasteiger partial charge in [0.1, 0.15) is 10.8 Å². The fourth-order valence-electron chi connectivity index (χ4n) is 3.41. The van der Waals surface area contributed by atoms with Gasteiger partial charge in [-0.05, 0) is 49.1 Å². The van der Waals surface area contributed by atoms with Crippen LogP contribution in [0.25, 0.3) is 0 Å². The van der Waals surface area contributed by atoms with Gasteiger partial charge in [0, 0.05) is 6.54 Å². The summed E-state index contributed by atoms with van der Waals surface area (Å²) in [7, 11) is 1.58. The van der Waals surface area contributed by atoms with Crippen molar-refractivity contribution >= 4 is 34.1 Å². The molecular formula is C26H28N2O5S. The molecule has 1 heterocycles. The van der Waals surface area contributed by atoms with Crippen molar-refractivity contribution < 1.29 is 23.9 Å². The molecule has 178 valence electrons. The predicted octanol–water partition coefficient (Wildman–Crippen LogP) is 4.40. The third-order valence-electron chi connectivity index (χ3n) is 5.15. The van der Waals surface area contributed by atoms with E-state index in [4.69, 9.17) is 9.47 Å². The van der Waals surface area contributed by atoms with Gasteiger partial charge in [-0.15, -0.1) is 11.3 Å². The summed E-state index contributed by atoms with van der Waals surface area (Å²) in [4.78, 5) is 38.6. The number of carbonyl (C=O) groups is 3. The Morgan fingerprint density at radius 2 is 1.68 bits per heavy atom. The van der Waals surface area contributed by atoms with Gasteiger partial charge in [0.05, 0.1) is 30.6 Å². The number of carbonyl (C=O) groups excluding carboxylic acids is 3. The predicted molar refractivity (Wildman–Crippen MR) is 133 cm³/mol. The molecule has 0 saturated heterocycles. The molecule has 0 atom stereocenters. The molecular weight excluding hydrogens is 452 g/mol. The molecule has 0 radical (unpaired) electrons. The van der Waals surface area contributed by atoms with E-state index in [1.807, 2.05) is 30.3 Å². The summed E-state index contributed by atoms with van der Waals surface area (Å²) >= 11 is 1.07. The molecule has 0 bridgehead atoms. The summed E-state index contributed by atoms with van der Waals surface area (Å²) in [6.45, 7) is 4.03. The standard InChI is InChI=1S/C26H28N2O5S/c1-4-33-26(31)22-17(2)23(24(30)27-15-14-18-8-6-5-7-9-18)34-25(22)28-21(29)16-19-10-12-20(32-3)13-11-19/h5-13H,4,14-16H2,1-3H3,(H,27,30)(H,28,29). The van der Waals surface area contributed by atoms with E-state index in [9.17, 15) is 14.4 Å². The average molecular weight is 481 g/mol. The van der Waals surface area contributed by atoms with E-state index in [1.165, 1.54) is 0 Å². The quantitative estimate of drug-likeness (QED) is 0.420. The lowest BCUT2D eigenvalue weighted by atomic mass is 10.1. The molecule has 0 aliphatic rings. The lowest BCUT2D eigenvalue weighted by molar-refractivity contribution is -0.115. The molecule has 7 nitrogen and oxygen atoms in total. The highest BCUT2D eigenvalue weighted by atomic mass is 32.1. The van der Waals surface area contributed by atoms with Crippen molar-refractivity contribution in [2.75, 3.05) is 25.6 Å². The number of amides is 2. The fraction of sp³-hybridized carbons (Fsp3) is 0.269. The number of hydrogen-bond donors (Lipinski definition) is 2. The molecule has 1 aromatic heterocycles. The Labute approximate surface area is 203 Å². The minimum Gasteiger partial charge on any atom is -0.497 e. The molecule has 0 aliphatic heterocycles. The molecule has 0 spiro atoms. The molecule has 2 N–H and O–H groups in total. The Kier molecular flexibility index (Phi) is 8.81. The largest absolute Gasteiger partial charge is 0.497 e. The van der Waals surface area contributed by atoms with Crippen LogP contribution in [0, 0.1) is 6.92 Å². The number of ether oxygens (including phenoxy) is 2. The molecule has 8 heteroatoms. The molecule has 3 aromatic rings. The maximum absolute atomic E-state index is 12.9. The van der Waals surface area contributed by atoms with Crippen LogP contribution in [0.5, 0.6) is 5.75 Å². The molecule has 3 rings (SSSR count). The minimum atomic E-state index is -0.570. The highest BCUT2D eigenvalue weighted by Crippen LogP contribution is 2.34. The third-order valence-corrected chi connectivity index (χ3v) is 6.36. The van der Waals surface area contributed by atoms with Gasteiger partial charge in [-0.1, -0.05) is 42.5 Å². The number of esters is 1. The van der Waals surface area contributed by atoms with Crippen LogP contribution in [0.2, 0.25) is 0 Å². The van der Waals surface area contributed by atoms with Crippen LogP contribution < -0.4 is 15.4 Å². The van der Waals surface area contributed by atoms with Gasteiger partial charge in [0.2, 0.25) is 5.91 Å². The van der Waals surface area contributed by atoms with Crippen molar-refractivity contribution in [2.45, 2.75) is 26.7 Å². The molecule has 0 fully saturated rings. The highest BCUT2D eigenvalue weighted by molar-refractivity contribution is 7.18. The number of anilines is 1. The molecule has 0 aliphatic carbocycles. The first-order chi connectivity index (χ1) is 16.4.